The van der Waals surface area contributed by atoms with E-state index in [4.69, 9.17) is 61.0 Å². The molecule has 6 aliphatic rings. The summed E-state index contributed by atoms with van der Waals surface area (Å²) in [4.78, 5) is 142. The molecular formula is C75H65N9O43P2S7. The van der Waals surface area contributed by atoms with Crippen LogP contribution in [0.25, 0.3) is 100 Å². The van der Waals surface area contributed by atoms with Gasteiger partial charge in [-0.2, -0.15) is 58.9 Å². The molecule has 3 aliphatic carbocycles. The molecule has 3 heterocycles. The van der Waals surface area contributed by atoms with Crippen molar-refractivity contribution >= 4 is 189 Å². The highest BCUT2D eigenvalue weighted by Gasteiger charge is 2.39. The average Bonchev–Trinajstić information content (AvgIpc) is 0.727. The first-order chi connectivity index (χ1) is 62.3. The number of nitrogens with two attached hydrogens (primary N) is 3. The number of rotatable bonds is 28. The number of carbonyl (C=O) groups is 9. The lowest BCUT2D eigenvalue weighted by atomic mass is 9.89. The number of carboxylic acids is 3. The maximum absolute atomic E-state index is 13.0. The number of nitrogen functional groups attached to an aromatic ring is 3. The molecular weight excluding hydrogens is 2000 g/mol. The smallest absolute Gasteiger partial charge is 0.469 e. The number of anilines is 3. The number of hydrogen-bond acceptors (Lipinski definition) is 35. The Morgan fingerprint density at radius 3 is 0.846 bits per heavy atom. The van der Waals surface area contributed by atoms with Crippen LogP contribution >= 0.6 is 15.4 Å². The van der Waals surface area contributed by atoms with Gasteiger partial charge >= 0.3 is 33.3 Å². The van der Waals surface area contributed by atoms with E-state index in [1.807, 2.05) is 0 Å². The molecule has 136 heavy (non-hydrogen) atoms. The molecule has 0 saturated heterocycles. The van der Waals surface area contributed by atoms with Crippen molar-refractivity contribution in [3.8, 4) is 67.4 Å². The molecule has 12 rings (SSSR count). The molecule has 0 saturated carbocycles. The minimum Gasteiger partial charge on any atom is -0.478 e. The molecule has 6 aromatic carbocycles. The van der Waals surface area contributed by atoms with Crippen molar-refractivity contribution in [1.29, 1.82) is 16.2 Å². The van der Waals surface area contributed by atoms with Crippen LogP contribution in [0, 0.1) is 16.2 Å². The molecule has 0 radical (unpaired) electrons. The van der Waals surface area contributed by atoms with Crippen LogP contribution in [0.4, 0.5) is 17.1 Å². The molecule has 26 N–H and O–H groups in total. The highest BCUT2D eigenvalue weighted by atomic mass is 32.2. The van der Waals surface area contributed by atoms with Gasteiger partial charge in [0.05, 0.1) is 68.6 Å². The first-order valence-electron chi connectivity index (χ1n) is 36.6. The fraction of sp³-hybridized carbons (Fsp3) is 0.120. The highest BCUT2D eigenvalue weighted by Crippen LogP contribution is 2.51. The number of amides is 3. The van der Waals surface area contributed by atoms with Crippen molar-refractivity contribution in [3.63, 3.8) is 0 Å². The van der Waals surface area contributed by atoms with Crippen LogP contribution in [-0.4, -0.2) is 215 Å². The second-order valence-electron chi connectivity index (χ2n) is 28.8. The van der Waals surface area contributed by atoms with Gasteiger partial charge in [0, 0.05) is 66.2 Å². The van der Waals surface area contributed by atoms with Crippen LogP contribution in [0.3, 0.4) is 0 Å². The minimum atomic E-state index is -5.24. The van der Waals surface area contributed by atoms with Gasteiger partial charge in [-0.3, -0.25) is 86.0 Å². The number of phosphoric ester groups is 1. The molecule has 3 unspecified atom stereocenters. The van der Waals surface area contributed by atoms with Crippen molar-refractivity contribution in [2.75, 3.05) is 35.7 Å². The minimum absolute atomic E-state index is 0.235. The zero-order chi connectivity index (χ0) is 102. The van der Waals surface area contributed by atoms with Crippen LogP contribution < -0.4 is 49.2 Å². The lowest BCUT2D eigenvalue weighted by Gasteiger charge is -2.20. The van der Waals surface area contributed by atoms with Crippen LogP contribution in [0.2, 0.25) is 0 Å². The summed E-state index contributed by atoms with van der Waals surface area (Å²) in [5.41, 5.74) is 7.79. The third kappa shape index (κ3) is 22.6. The monoisotopic (exact) mass is 2070 g/mol. The second-order valence-corrected chi connectivity index (χ2v) is 41.4. The van der Waals surface area contributed by atoms with E-state index in [0.29, 0.717) is 0 Å². The Kier molecular flexibility index (Phi) is 29.0. The van der Waals surface area contributed by atoms with E-state index in [1.165, 1.54) is 18.2 Å². The number of carbonyl (C=O) groups excluding carboxylic acids is 6. The summed E-state index contributed by atoms with van der Waals surface area (Å²) in [6, 6.07) is 16.6. The maximum Gasteiger partial charge on any atom is 0.469 e. The van der Waals surface area contributed by atoms with E-state index < -0.39 is 300 Å². The van der Waals surface area contributed by atoms with Gasteiger partial charge in [0.1, 0.15) is 17.8 Å². The van der Waals surface area contributed by atoms with E-state index in [-0.39, 0.29) is 71.8 Å². The number of benzene rings is 9. The predicted octanol–water partition coefficient (Wildman–Crippen LogP) is 3.61. The van der Waals surface area contributed by atoms with Crippen LogP contribution in [-0.2, 0) is 98.9 Å². The summed E-state index contributed by atoms with van der Waals surface area (Å²) in [7, 11) is -45.8. The largest absolute Gasteiger partial charge is 0.478 e. The number of carboxylic acid groups (broad SMARTS) is 3. The molecule has 3 atom stereocenters. The SMILES string of the molecule is CC(=O)C(COP(=O)(O)O)NC(=O)c1ccc(-c2c3ccc(=N)c(S(=O)(=O)O)c-3oc3c(S(=O)(=O)O)c(N)ccc23)c(C(=O)O)c1.CC(=O)C(CP(=O)(O)O)NC(=O)c1ccc(-c2c3ccc(=N)c(S(=O)(=O)O)c-3oc3c(S(=O)(=O)O)c(N)ccc23)c(C(=O)O)c1.CC(=O)C(CS(=O)(=O)O)NC(=O)c1ccc(-c2c3ccc(=N)c(S(=O)(=O)O)c-3oc3c(S(=O)(=O)O)c(N)ccc23)c(C(=O)O)c1. The molecule has 3 aliphatic heterocycles. The lowest BCUT2D eigenvalue weighted by molar-refractivity contribution is -0.120. The lowest BCUT2D eigenvalue weighted by Crippen LogP contribution is -2.44. The number of hydrogen-bond donors (Lipinski definition) is 23. The van der Waals surface area contributed by atoms with Crippen LogP contribution in [0.1, 0.15) is 82.9 Å². The quantitative estimate of drug-likeness (QED) is 0.0144. The van der Waals surface area contributed by atoms with Crippen molar-refractivity contribution < 1.29 is 196 Å². The van der Waals surface area contributed by atoms with Gasteiger partial charge in [0.2, 0.25) is 0 Å². The third-order valence-corrected chi connectivity index (χ3v) is 27.1. The summed E-state index contributed by atoms with van der Waals surface area (Å²) in [5, 5.41) is 57.7. The van der Waals surface area contributed by atoms with Gasteiger partial charge in [0.15, 0.2) is 80.8 Å². The summed E-state index contributed by atoms with van der Waals surface area (Å²) in [6.07, 6.45) is -1.03. The van der Waals surface area contributed by atoms with Crippen molar-refractivity contribution in [2.45, 2.75) is 68.3 Å². The van der Waals surface area contributed by atoms with Crippen molar-refractivity contribution in [3.05, 3.63) is 177 Å². The standard InChI is InChI=1S/C25H22N3O15PS2.C25H22N3O14PS2.C25H21N3O14S3/c1-10(29)18(9-42-44(33,34)35)28-24(30)11-2-3-12(15(8-11)25(31)32)19-13-4-6-16(26)22(45(36,37)38)20(13)43-21-14(19)5-7-17(27)23(21)46(39,40)41;2*1-10(29)18(9-43(33,34)35)28-24(30)11-2-3-12(15(8-11)25(31)32)19-13-4-6-16(26)22(44(36,37)38)20(13)42-21-14(19)5-7-17(27)23(21)45(39,40)41/h2-8,18,26H,9,27H2,1H3,(H,28,30)(H,31,32)(H2,33,34,35)(H,36,37,38)(H,39,40,41);2-8,18,26H,9,27H2,1H3,(H,28,30)(H,31,32)(H2,33,34,35)(H,36,37,38)(H,39,40,41);2-8,18,26H,9,27H2,1H3,(H,28,30)(H,31,32)(H,33,34,35)(H,36,37,38)(H,39,40,41). The Bertz CT molecular complexity index is 8340. The number of Topliss-reactive ketones (excluding diaryl/α,β-unsaturated/α-hetero) is 3. The molecule has 0 spiro atoms. The number of fused-ring (bicyclic) bond motifs is 6. The van der Waals surface area contributed by atoms with Gasteiger partial charge in [-0.1, -0.05) is 18.2 Å². The normalized spacial score (nSPS) is 13.1. The maximum atomic E-state index is 13.0. The van der Waals surface area contributed by atoms with Gasteiger partial charge < -0.3 is 81.3 Å². The molecule has 52 nitrogen and oxygen atoms in total. The topological polar surface area (TPSA) is 944 Å². The zero-order valence-corrected chi connectivity index (χ0v) is 75.6. The molecule has 0 aromatic heterocycles. The Morgan fingerprint density at radius 2 is 0.618 bits per heavy atom. The van der Waals surface area contributed by atoms with E-state index in [1.54, 1.807) is 0 Å². The van der Waals surface area contributed by atoms with Gasteiger partial charge in [0.25, 0.3) is 88.5 Å². The summed E-state index contributed by atoms with van der Waals surface area (Å²) in [5.74, 6) is -14.3. The Balaban J connectivity index is 0.000000211. The molecule has 720 valence electrons. The Hall–Kier alpha value is -13.8. The molecule has 0 bridgehead atoms. The van der Waals surface area contributed by atoms with Gasteiger partial charge in [-0.25, -0.2) is 18.9 Å². The zero-order valence-electron chi connectivity index (χ0n) is 68.1. The predicted molar refractivity (Wildman–Crippen MR) is 463 cm³/mol. The first kappa shape index (κ1) is 104. The van der Waals surface area contributed by atoms with Crippen molar-refractivity contribution in [1.82, 2.24) is 16.0 Å². The molecule has 3 amide bonds. The number of ketones is 3. The van der Waals surface area contributed by atoms with Crippen molar-refractivity contribution in [2.24, 2.45) is 0 Å². The number of nitrogens with one attached hydrogen (secondary N) is 6. The summed E-state index contributed by atoms with van der Waals surface area (Å²) < 4.78 is 282. The number of aromatic carboxylic acids is 3. The fourth-order valence-electron chi connectivity index (χ4n) is 13.8. The first-order valence-corrected chi connectivity index (χ1v) is 50.1. The fourth-order valence-corrected chi connectivity index (χ4v) is 20.1. The molecule has 6 aromatic rings. The summed E-state index contributed by atoms with van der Waals surface area (Å²) >= 11 is 0. The highest BCUT2D eigenvalue weighted by molar-refractivity contribution is 7.87. The van der Waals surface area contributed by atoms with Gasteiger partial charge in [-0.05, 0) is 147 Å². The van der Waals surface area contributed by atoms with E-state index >= 15 is 0 Å². The summed E-state index contributed by atoms with van der Waals surface area (Å²) in [6.45, 7) is 1.98. The number of phosphoric acid groups is 1. The Morgan fingerprint density at radius 1 is 0.368 bits per heavy atom. The van der Waals surface area contributed by atoms with Crippen LogP contribution in [0.15, 0.2) is 170 Å². The van der Waals surface area contributed by atoms with Gasteiger partial charge in [-0.15, -0.1) is 0 Å². The molecule has 61 heteroatoms. The van der Waals surface area contributed by atoms with E-state index in [2.05, 4.69) is 20.5 Å². The molecule has 0 fully saturated rings. The second kappa shape index (κ2) is 37.8. The van der Waals surface area contributed by atoms with E-state index in [9.17, 15) is 164 Å². The average molecular weight is 2070 g/mol. The van der Waals surface area contributed by atoms with Crippen LogP contribution in [0.5, 0.6) is 0 Å². The Labute approximate surface area is 760 Å². The third-order valence-electron chi connectivity index (χ3n) is 19.5. The van der Waals surface area contributed by atoms with E-state index in [0.717, 1.165) is 130 Å².